The Morgan fingerprint density at radius 3 is 2.82 bits per heavy atom. The zero-order valence-electron chi connectivity index (χ0n) is 19.4. The van der Waals surface area contributed by atoms with Crippen molar-refractivity contribution in [1.82, 2.24) is 19.8 Å². The molecule has 2 atom stereocenters. The number of fused-ring (bicyclic) bond motifs is 3. The van der Waals surface area contributed by atoms with Crippen LogP contribution in [-0.2, 0) is 6.42 Å². The van der Waals surface area contributed by atoms with Crippen LogP contribution in [0.5, 0.6) is 0 Å². The van der Waals surface area contributed by atoms with Crippen molar-refractivity contribution in [2.24, 2.45) is 0 Å². The van der Waals surface area contributed by atoms with Gasteiger partial charge in [0.1, 0.15) is 5.82 Å². The Hall–Kier alpha value is -2.70. The summed E-state index contributed by atoms with van der Waals surface area (Å²) in [7, 11) is 0. The first kappa shape index (κ1) is 22.1. The Balaban J connectivity index is 1.38. The molecule has 4 heterocycles. The summed E-state index contributed by atoms with van der Waals surface area (Å²) in [5.74, 6) is 0.910. The topological polar surface area (TPSA) is 47.2 Å². The molecule has 0 bridgehead atoms. The summed E-state index contributed by atoms with van der Waals surface area (Å²) in [6.45, 7) is 9.76. The molecule has 2 N–H and O–H groups in total. The van der Waals surface area contributed by atoms with Crippen LogP contribution in [0, 0.1) is 0 Å². The molecule has 0 radical (unpaired) electrons. The maximum atomic E-state index is 12.4. The molecule has 2 aliphatic rings. The molecule has 2 aromatic heterocycles. The molecule has 33 heavy (non-hydrogen) atoms. The smallest absolute Gasteiger partial charge is 0.126 e. The monoisotopic (exact) mass is 447 g/mol. The van der Waals surface area contributed by atoms with Crippen molar-refractivity contribution in [3.63, 3.8) is 0 Å². The van der Waals surface area contributed by atoms with Crippen LogP contribution in [0.1, 0.15) is 42.6 Å². The van der Waals surface area contributed by atoms with E-state index in [1.807, 2.05) is 12.3 Å². The number of aromatic nitrogens is 2. The number of rotatable bonds is 9. The Morgan fingerprint density at radius 2 is 2.06 bits per heavy atom. The molecule has 0 amide bonds. The largest absolute Gasteiger partial charge is 0.365 e. The minimum atomic E-state index is -0.237. The van der Waals surface area contributed by atoms with Gasteiger partial charge in [0.05, 0.1) is 18.8 Å². The molecule has 2 unspecified atom stereocenters. The van der Waals surface area contributed by atoms with Gasteiger partial charge in [-0.05, 0) is 49.4 Å². The van der Waals surface area contributed by atoms with Gasteiger partial charge in [0.15, 0.2) is 0 Å². The van der Waals surface area contributed by atoms with Gasteiger partial charge in [-0.25, -0.2) is 4.98 Å². The van der Waals surface area contributed by atoms with Gasteiger partial charge in [-0.3, -0.25) is 14.2 Å². The zero-order chi connectivity index (χ0) is 22.8. The fraction of sp³-hybridized carbons (Fsp3) is 0.444. The molecular formula is C27H34FN5. The summed E-state index contributed by atoms with van der Waals surface area (Å²) in [4.78, 5) is 13.4. The number of aromatic amines is 1. The summed E-state index contributed by atoms with van der Waals surface area (Å²) in [5, 5.41) is 4.86. The van der Waals surface area contributed by atoms with Crippen molar-refractivity contribution in [3.8, 4) is 0 Å². The van der Waals surface area contributed by atoms with Crippen molar-refractivity contribution < 1.29 is 4.39 Å². The Morgan fingerprint density at radius 1 is 1.21 bits per heavy atom. The number of alkyl halides is 1. The van der Waals surface area contributed by atoms with Gasteiger partial charge in [-0.2, -0.15) is 0 Å². The Labute approximate surface area is 195 Å². The molecule has 5 rings (SSSR count). The van der Waals surface area contributed by atoms with E-state index in [1.165, 1.54) is 27.7 Å². The molecule has 0 spiro atoms. The lowest BCUT2D eigenvalue weighted by atomic mass is 9.89. The first-order chi connectivity index (χ1) is 16.2. The predicted octanol–water partition coefficient (Wildman–Crippen LogP) is 4.93. The lowest BCUT2D eigenvalue weighted by molar-refractivity contribution is 0.151. The Bertz CT molecular complexity index is 1090. The summed E-state index contributed by atoms with van der Waals surface area (Å²) in [6, 6.07) is 13.9. The minimum Gasteiger partial charge on any atom is -0.365 e. The molecule has 5 nitrogen and oxygen atoms in total. The van der Waals surface area contributed by atoms with E-state index in [0.29, 0.717) is 18.5 Å². The highest BCUT2D eigenvalue weighted by Gasteiger charge is 2.35. The summed E-state index contributed by atoms with van der Waals surface area (Å²) < 4.78 is 12.4. The summed E-state index contributed by atoms with van der Waals surface area (Å²) in [6.07, 6.45) is 6.66. The number of halogens is 1. The predicted molar refractivity (Wildman–Crippen MR) is 134 cm³/mol. The average molecular weight is 448 g/mol. The third kappa shape index (κ3) is 4.42. The van der Waals surface area contributed by atoms with E-state index in [2.05, 4.69) is 70.0 Å². The SMILES string of the molecule is C=CCCN1C(C)Cc2c([nH]c3ccccc23)C1c1ccc(NC2CN(CCCF)C2)nc1. The molecule has 2 aliphatic heterocycles. The van der Waals surface area contributed by atoms with Crippen LogP contribution in [0.15, 0.2) is 55.3 Å². The molecule has 0 saturated carbocycles. The van der Waals surface area contributed by atoms with Crippen LogP contribution in [-0.4, -0.2) is 64.7 Å². The zero-order valence-corrected chi connectivity index (χ0v) is 19.4. The molecule has 1 aromatic carbocycles. The second-order valence-corrected chi connectivity index (χ2v) is 9.45. The van der Waals surface area contributed by atoms with Crippen LogP contribution in [0.3, 0.4) is 0 Å². The highest BCUT2D eigenvalue weighted by Crippen LogP contribution is 2.40. The first-order valence-electron chi connectivity index (χ1n) is 12.1. The number of likely N-dealkylation sites (tertiary alicyclic amines) is 1. The highest BCUT2D eigenvalue weighted by molar-refractivity contribution is 5.85. The third-order valence-corrected chi connectivity index (χ3v) is 7.13. The van der Waals surface area contributed by atoms with Gasteiger partial charge in [0, 0.05) is 55.0 Å². The molecule has 1 fully saturated rings. The van der Waals surface area contributed by atoms with E-state index in [-0.39, 0.29) is 12.7 Å². The number of nitrogens with zero attached hydrogens (tertiary/aromatic N) is 3. The van der Waals surface area contributed by atoms with Crippen molar-refractivity contribution >= 4 is 16.7 Å². The highest BCUT2D eigenvalue weighted by atomic mass is 19.1. The van der Waals surface area contributed by atoms with E-state index in [0.717, 1.165) is 44.8 Å². The fourth-order valence-electron chi connectivity index (χ4n) is 5.44. The normalized spacial score (nSPS) is 21.6. The Kier molecular flexibility index (Phi) is 6.47. The van der Waals surface area contributed by atoms with E-state index >= 15 is 0 Å². The molecule has 3 aromatic rings. The quantitative estimate of drug-likeness (QED) is 0.457. The maximum Gasteiger partial charge on any atom is 0.126 e. The van der Waals surface area contributed by atoms with Gasteiger partial charge >= 0.3 is 0 Å². The number of anilines is 1. The number of nitrogens with one attached hydrogen (secondary N) is 2. The second kappa shape index (κ2) is 9.65. The third-order valence-electron chi connectivity index (χ3n) is 7.13. The van der Waals surface area contributed by atoms with Crippen LogP contribution in [0.2, 0.25) is 0 Å². The molecular weight excluding hydrogens is 413 g/mol. The summed E-state index contributed by atoms with van der Waals surface area (Å²) >= 11 is 0. The van der Waals surface area contributed by atoms with Crippen molar-refractivity contribution in [3.05, 3.63) is 72.1 Å². The number of benzene rings is 1. The van der Waals surface area contributed by atoms with Crippen molar-refractivity contribution in [2.45, 2.75) is 44.3 Å². The standard InChI is InChI=1S/C27H34FN5/c1-3-4-14-33-19(2)15-23-22-8-5-6-9-24(22)31-26(23)27(33)20-10-11-25(29-16-20)30-21-17-32(18-21)13-7-12-28/h3,5-6,8-11,16,19,21,27,31H,1,4,7,12-15,17-18H2,2H3,(H,29,30). The maximum absolute atomic E-state index is 12.4. The van der Waals surface area contributed by atoms with Gasteiger partial charge in [0.2, 0.25) is 0 Å². The van der Waals surface area contributed by atoms with E-state index < -0.39 is 0 Å². The lowest BCUT2D eigenvalue weighted by Crippen LogP contribution is -2.54. The number of hydrogen-bond acceptors (Lipinski definition) is 4. The minimum absolute atomic E-state index is 0.151. The van der Waals surface area contributed by atoms with Gasteiger partial charge < -0.3 is 10.3 Å². The van der Waals surface area contributed by atoms with Crippen molar-refractivity contribution in [2.75, 3.05) is 38.2 Å². The number of hydrogen-bond donors (Lipinski definition) is 2. The summed E-state index contributed by atoms with van der Waals surface area (Å²) in [5.41, 5.74) is 5.15. The molecule has 1 saturated heterocycles. The molecule has 0 aliphatic carbocycles. The molecule has 6 heteroatoms. The van der Waals surface area contributed by atoms with E-state index in [4.69, 9.17) is 4.98 Å². The second-order valence-electron chi connectivity index (χ2n) is 9.45. The van der Waals surface area contributed by atoms with Gasteiger partial charge in [0.25, 0.3) is 0 Å². The van der Waals surface area contributed by atoms with Gasteiger partial charge in [-0.1, -0.05) is 30.3 Å². The van der Waals surface area contributed by atoms with E-state index in [1.54, 1.807) is 0 Å². The van der Waals surface area contributed by atoms with Crippen LogP contribution in [0.25, 0.3) is 10.9 Å². The van der Waals surface area contributed by atoms with Crippen LogP contribution < -0.4 is 5.32 Å². The average Bonchev–Trinajstić information content (AvgIpc) is 3.17. The van der Waals surface area contributed by atoms with E-state index in [9.17, 15) is 4.39 Å². The van der Waals surface area contributed by atoms with Crippen LogP contribution >= 0.6 is 0 Å². The molecule has 174 valence electrons. The fourth-order valence-corrected chi connectivity index (χ4v) is 5.44. The lowest BCUT2D eigenvalue weighted by Gasteiger charge is -2.41. The first-order valence-corrected chi connectivity index (χ1v) is 12.1. The van der Waals surface area contributed by atoms with Crippen molar-refractivity contribution in [1.29, 1.82) is 0 Å². The number of H-pyrrole nitrogens is 1. The number of para-hydroxylation sites is 1. The van der Waals surface area contributed by atoms with Gasteiger partial charge in [-0.15, -0.1) is 6.58 Å². The number of pyridine rings is 1. The van der Waals surface area contributed by atoms with Crippen LogP contribution in [0.4, 0.5) is 10.2 Å².